The number of ether oxygens (including phenoxy) is 1. The Kier molecular flexibility index (Phi) is 6.97. The normalized spacial score (nSPS) is 15.1. The van der Waals surface area contributed by atoms with Crippen molar-refractivity contribution in [3.8, 4) is 0 Å². The molecule has 9 heteroatoms. The van der Waals surface area contributed by atoms with Gasteiger partial charge in [0.2, 0.25) is 15.9 Å². The van der Waals surface area contributed by atoms with E-state index in [0.29, 0.717) is 30.9 Å². The molecule has 166 valence electrons. The monoisotopic (exact) mass is 445 g/mol. The lowest BCUT2D eigenvalue weighted by molar-refractivity contribution is -0.118. The summed E-state index contributed by atoms with van der Waals surface area (Å²) in [6, 6.07) is 12.3. The first-order chi connectivity index (χ1) is 14.7. The molecule has 31 heavy (non-hydrogen) atoms. The fraction of sp³-hybridized carbons (Fsp3) is 0.364. The van der Waals surface area contributed by atoms with E-state index in [1.807, 2.05) is 20.8 Å². The van der Waals surface area contributed by atoms with E-state index in [9.17, 15) is 18.0 Å². The van der Waals surface area contributed by atoms with Gasteiger partial charge in [-0.25, -0.2) is 13.2 Å². The summed E-state index contributed by atoms with van der Waals surface area (Å²) in [7, 11) is -3.87. The molecular weight excluding hydrogens is 418 g/mol. The summed E-state index contributed by atoms with van der Waals surface area (Å²) in [6.07, 6.45) is -0.110. The predicted molar refractivity (Wildman–Crippen MR) is 119 cm³/mol. The number of nitrogens with zero attached hydrogens (tertiary/aromatic N) is 1. The minimum absolute atomic E-state index is 0.0853. The average molecular weight is 446 g/mol. The lowest BCUT2D eigenvalue weighted by Crippen LogP contribution is -2.44. The number of hydrogen-bond acceptors (Lipinski definition) is 5. The number of anilines is 2. The van der Waals surface area contributed by atoms with Crippen molar-refractivity contribution in [2.24, 2.45) is 5.92 Å². The van der Waals surface area contributed by atoms with Gasteiger partial charge in [0.25, 0.3) is 0 Å². The number of carbonyl (C=O) groups excluding carboxylic acids is 2. The first-order valence-electron chi connectivity index (χ1n) is 10.1. The second kappa shape index (κ2) is 9.49. The van der Waals surface area contributed by atoms with Crippen LogP contribution in [-0.4, -0.2) is 39.6 Å². The minimum Gasteiger partial charge on any atom is -0.447 e. The molecule has 1 heterocycles. The molecule has 1 atom stereocenters. The third-order valence-electron chi connectivity index (χ3n) is 4.84. The highest BCUT2D eigenvalue weighted by Gasteiger charge is 2.27. The Bertz CT molecular complexity index is 1050. The van der Waals surface area contributed by atoms with Crippen LogP contribution in [0.3, 0.4) is 0 Å². The third kappa shape index (κ3) is 5.83. The van der Waals surface area contributed by atoms with Gasteiger partial charge in [-0.1, -0.05) is 37.6 Å². The van der Waals surface area contributed by atoms with Gasteiger partial charge in [0, 0.05) is 11.4 Å². The first-order valence-corrected chi connectivity index (χ1v) is 11.6. The number of aryl methyl sites for hydroxylation is 1. The number of benzene rings is 2. The van der Waals surface area contributed by atoms with E-state index in [0.717, 1.165) is 5.56 Å². The van der Waals surface area contributed by atoms with Gasteiger partial charge >= 0.3 is 6.09 Å². The van der Waals surface area contributed by atoms with Crippen molar-refractivity contribution < 1.29 is 22.7 Å². The number of sulfonamides is 1. The number of amides is 2. The van der Waals surface area contributed by atoms with Gasteiger partial charge < -0.3 is 10.1 Å². The van der Waals surface area contributed by atoms with E-state index >= 15 is 0 Å². The van der Waals surface area contributed by atoms with Crippen LogP contribution in [0.2, 0.25) is 0 Å². The van der Waals surface area contributed by atoms with Crippen LogP contribution in [0.25, 0.3) is 0 Å². The summed E-state index contributed by atoms with van der Waals surface area (Å²) in [5.74, 6) is -0.382. The molecule has 0 radical (unpaired) electrons. The number of nitrogens with one attached hydrogen (secondary N) is 2. The highest BCUT2D eigenvalue weighted by Crippen LogP contribution is 2.23. The topological polar surface area (TPSA) is 105 Å². The maximum Gasteiger partial charge on any atom is 0.414 e. The summed E-state index contributed by atoms with van der Waals surface area (Å²) in [5.41, 5.74) is 2.00. The van der Waals surface area contributed by atoms with Gasteiger partial charge in [-0.3, -0.25) is 9.69 Å². The van der Waals surface area contributed by atoms with Crippen molar-refractivity contribution in [1.29, 1.82) is 0 Å². The van der Waals surface area contributed by atoms with Crippen molar-refractivity contribution in [1.82, 2.24) is 4.72 Å². The van der Waals surface area contributed by atoms with Gasteiger partial charge in [-0.2, -0.15) is 4.72 Å². The molecule has 1 aliphatic rings. The van der Waals surface area contributed by atoms with E-state index in [1.165, 1.54) is 17.0 Å². The van der Waals surface area contributed by atoms with Crippen LogP contribution in [0.5, 0.6) is 0 Å². The molecule has 3 rings (SSSR count). The molecular formula is C22H27N3O5S. The maximum atomic E-state index is 13.0. The first kappa shape index (κ1) is 22.8. The molecule has 2 aromatic rings. The highest BCUT2D eigenvalue weighted by atomic mass is 32.2. The van der Waals surface area contributed by atoms with Gasteiger partial charge in [0.05, 0.1) is 11.4 Å². The quantitative estimate of drug-likeness (QED) is 0.649. The second-order valence-corrected chi connectivity index (χ2v) is 9.64. The van der Waals surface area contributed by atoms with E-state index in [4.69, 9.17) is 4.74 Å². The van der Waals surface area contributed by atoms with Crippen molar-refractivity contribution >= 4 is 33.4 Å². The lowest BCUT2D eigenvalue weighted by atomic mass is 10.0. The Hall–Kier alpha value is -2.91. The molecule has 0 aromatic heterocycles. The summed E-state index contributed by atoms with van der Waals surface area (Å²) >= 11 is 0. The van der Waals surface area contributed by atoms with Crippen LogP contribution < -0.4 is 14.9 Å². The Balaban J connectivity index is 1.77. The summed E-state index contributed by atoms with van der Waals surface area (Å²) in [6.45, 7) is 6.45. The van der Waals surface area contributed by atoms with Gasteiger partial charge in [0.15, 0.2) is 0 Å². The SMILES string of the molecule is Cc1ccc(S(=O)(=O)NC(CC(C)C)C(=O)Nc2cccc(N3CCOC3=O)c2)cc1. The van der Waals surface area contributed by atoms with E-state index in [2.05, 4.69) is 10.0 Å². The fourth-order valence-corrected chi connectivity index (χ4v) is 4.47. The van der Waals surface area contributed by atoms with Crippen LogP contribution in [0.15, 0.2) is 53.4 Å². The summed E-state index contributed by atoms with van der Waals surface area (Å²) in [4.78, 5) is 26.3. The molecule has 0 bridgehead atoms. The van der Waals surface area contributed by atoms with Gasteiger partial charge in [-0.05, 0) is 49.6 Å². The number of hydrogen-bond donors (Lipinski definition) is 2. The Labute approximate surface area is 182 Å². The van der Waals surface area contributed by atoms with Crippen LogP contribution in [0.4, 0.5) is 16.2 Å². The number of rotatable bonds is 8. The van der Waals surface area contributed by atoms with Gasteiger partial charge in [0.1, 0.15) is 12.6 Å². The van der Waals surface area contributed by atoms with Gasteiger partial charge in [-0.15, -0.1) is 0 Å². The fourth-order valence-electron chi connectivity index (χ4n) is 3.26. The predicted octanol–water partition coefficient (Wildman–Crippen LogP) is 3.28. The zero-order valence-corrected chi connectivity index (χ0v) is 18.6. The smallest absolute Gasteiger partial charge is 0.414 e. The number of carbonyl (C=O) groups is 2. The molecule has 1 unspecified atom stereocenters. The minimum atomic E-state index is -3.87. The van der Waals surface area contributed by atoms with Crippen molar-refractivity contribution in [3.05, 3.63) is 54.1 Å². The zero-order valence-electron chi connectivity index (χ0n) is 17.8. The Morgan fingerprint density at radius 3 is 2.48 bits per heavy atom. The maximum absolute atomic E-state index is 13.0. The van der Waals surface area contributed by atoms with E-state index < -0.39 is 28.1 Å². The standard InChI is InChI=1S/C22H27N3O5S/c1-15(2)13-20(24-31(28,29)19-9-7-16(3)8-10-19)21(26)23-17-5-4-6-18(14-17)25-11-12-30-22(25)27/h4-10,14-15,20,24H,11-13H2,1-3H3,(H,23,26). The van der Waals surface area contributed by atoms with Crippen molar-refractivity contribution in [2.45, 2.75) is 38.1 Å². The Morgan fingerprint density at radius 2 is 1.87 bits per heavy atom. The van der Waals surface area contributed by atoms with Crippen LogP contribution in [-0.2, 0) is 19.6 Å². The second-order valence-electron chi connectivity index (χ2n) is 7.92. The molecule has 0 spiro atoms. The molecule has 0 aliphatic carbocycles. The van der Waals surface area contributed by atoms with Crippen LogP contribution >= 0.6 is 0 Å². The molecule has 2 amide bonds. The van der Waals surface area contributed by atoms with Crippen molar-refractivity contribution in [2.75, 3.05) is 23.4 Å². The Morgan fingerprint density at radius 1 is 1.16 bits per heavy atom. The molecule has 2 aromatic carbocycles. The van der Waals surface area contributed by atoms with E-state index in [-0.39, 0.29) is 10.8 Å². The summed E-state index contributed by atoms with van der Waals surface area (Å²) in [5, 5.41) is 2.76. The van der Waals surface area contributed by atoms with Crippen molar-refractivity contribution in [3.63, 3.8) is 0 Å². The summed E-state index contributed by atoms with van der Waals surface area (Å²) < 4.78 is 33.1. The van der Waals surface area contributed by atoms with E-state index in [1.54, 1.807) is 36.4 Å². The van der Waals surface area contributed by atoms with Crippen LogP contribution in [0, 0.1) is 12.8 Å². The average Bonchev–Trinajstić information content (AvgIpc) is 3.13. The number of cyclic esters (lactones) is 1. The lowest BCUT2D eigenvalue weighted by Gasteiger charge is -2.21. The van der Waals surface area contributed by atoms with Crippen LogP contribution in [0.1, 0.15) is 25.8 Å². The zero-order chi connectivity index (χ0) is 22.6. The molecule has 1 fully saturated rings. The molecule has 1 aliphatic heterocycles. The molecule has 1 saturated heterocycles. The largest absolute Gasteiger partial charge is 0.447 e. The molecule has 8 nitrogen and oxygen atoms in total. The molecule has 2 N–H and O–H groups in total. The third-order valence-corrected chi connectivity index (χ3v) is 6.33. The molecule has 0 saturated carbocycles. The highest BCUT2D eigenvalue weighted by molar-refractivity contribution is 7.89.